The zero-order chi connectivity index (χ0) is 43.4. The molecule has 1 atom stereocenters. The number of aromatic nitrogens is 1. The first-order valence-corrected chi connectivity index (χ1v) is 21.8. The van der Waals surface area contributed by atoms with Crippen molar-refractivity contribution in [3.8, 4) is 23.0 Å². The number of urea groups is 1. The first-order chi connectivity index (χ1) is 28.5. The number of likely N-dealkylation sites (tertiary alicyclic amines) is 1. The molecular weight excluding hydrogens is 783 g/mol. The Hall–Kier alpha value is -6.06. The number of piperidine rings is 1. The van der Waals surface area contributed by atoms with Crippen molar-refractivity contribution in [2.75, 3.05) is 55.6 Å². The SMILES string of the molecule is CCC(NC(=O)c1ccc(Nc2cc(Oc3ccc(N(C(N)=O)c4cc(C(C)(C)C)cc(NS(C)(=O)=O)c4OC)c4ccccc34)ccn2)cc1OC)C1CCN(C)CC1. The molecule has 6 rings (SSSR count). The number of benzene rings is 4. The first kappa shape index (κ1) is 43.5. The second-order valence-electron chi connectivity index (χ2n) is 16.2. The van der Waals surface area contributed by atoms with Gasteiger partial charge in [0.1, 0.15) is 23.1 Å². The van der Waals surface area contributed by atoms with E-state index in [1.54, 1.807) is 61.8 Å². The molecule has 4 aromatic carbocycles. The number of ether oxygens (including phenoxy) is 3. The van der Waals surface area contributed by atoms with Gasteiger partial charge in [0, 0.05) is 40.8 Å². The van der Waals surface area contributed by atoms with E-state index < -0.39 is 21.5 Å². The molecule has 60 heavy (non-hydrogen) atoms. The highest BCUT2D eigenvalue weighted by molar-refractivity contribution is 7.92. The number of hydrogen-bond acceptors (Lipinski definition) is 10. The summed E-state index contributed by atoms with van der Waals surface area (Å²) >= 11 is 0. The van der Waals surface area contributed by atoms with Crippen molar-refractivity contribution in [2.45, 2.75) is 58.4 Å². The molecular formula is C45H55N7O7S. The number of methoxy groups -OCH3 is 2. The van der Waals surface area contributed by atoms with Crippen LogP contribution in [0.4, 0.5) is 33.4 Å². The minimum Gasteiger partial charge on any atom is -0.496 e. The summed E-state index contributed by atoms with van der Waals surface area (Å²) in [7, 11) is 1.36. The van der Waals surface area contributed by atoms with E-state index in [1.165, 1.54) is 12.0 Å². The molecule has 3 amide bonds. The molecule has 15 heteroatoms. The fourth-order valence-electron chi connectivity index (χ4n) is 7.61. The van der Waals surface area contributed by atoms with Crippen LogP contribution < -0.4 is 40.2 Å². The van der Waals surface area contributed by atoms with Crippen LogP contribution in [0, 0.1) is 5.92 Å². The number of pyridine rings is 1. The van der Waals surface area contributed by atoms with Crippen LogP contribution in [0.1, 0.15) is 62.9 Å². The molecule has 0 radical (unpaired) electrons. The fourth-order valence-corrected chi connectivity index (χ4v) is 8.17. The number of carbonyl (C=O) groups is 2. The Bertz CT molecular complexity index is 2480. The van der Waals surface area contributed by atoms with Crippen molar-refractivity contribution in [3.63, 3.8) is 0 Å². The molecule has 5 N–H and O–H groups in total. The number of amides is 3. The second kappa shape index (κ2) is 18.1. The summed E-state index contributed by atoms with van der Waals surface area (Å²) in [5.41, 5.74) is 8.39. The Labute approximate surface area is 352 Å². The molecule has 1 aliphatic heterocycles. The summed E-state index contributed by atoms with van der Waals surface area (Å²) < 4.78 is 45.3. The number of anilines is 5. The van der Waals surface area contributed by atoms with Gasteiger partial charge in [-0.2, -0.15) is 0 Å². The summed E-state index contributed by atoms with van der Waals surface area (Å²) in [4.78, 5) is 35.0. The van der Waals surface area contributed by atoms with Crippen LogP contribution in [0.25, 0.3) is 10.8 Å². The van der Waals surface area contributed by atoms with Gasteiger partial charge in [0.25, 0.3) is 5.91 Å². The van der Waals surface area contributed by atoms with Crippen LogP contribution in [0.3, 0.4) is 0 Å². The average molecular weight is 838 g/mol. The third-order valence-corrected chi connectivity index (χ3v) is 11.4. The lowest BCUT2D eigenvalue weighted by molar-refractivity contribution is 0.0896. The van der Waals surface area contributed by atoms with E-state index in [0.717, 1.165) is 44.2 Å². The molecule has 0 bridgehead atoms. The Kier molecular flexibility index (Phi) is 13.1. The quantitative estimate of drug-likeness (QED) is 0.0848. The van der Waals surface area contributed by atoms with Crippen LogP contribution in [-0.4, -0.2) is 76.9 Å². The van der Waals surface area contributed by atoms with Crippen molar-refractivity contribution in [1.29, 1.82) is 0 Å². The maximum atomic E-state index is 13.5. The van der Waals surface area contributed by atoms with Crippen LogP contribution in [-0.2, 0) is 15.4 Å². The maximum absolute atomic E-state index is 13.5. The molecule has 5 aromatic rings. The topological polar surface area (TPSA) is 177 Å². The summed E-state index contributed by atoms with van der Waals surface area (Å²) in [5.74, 6) is 2.29. The van der Waals surface area contributed by atoms with E-state index in [4.69, 9.17) is 19.9 Å². The fraction of sp³-hybridized carbons (Fsp3) is 0.356. The standard InChI is InChI=1S/C45H55N7O7S/c1-9-35(28-19-22-51(5)23-20-28)49-43(53)34-15-14-30(26-40(34)57-6)48-41-27-31(18-21-47-41)59-39-17-16-37(32-12-10-11-13-33(32)39)52(44(46)54)38-25-29(45(2,3)4)24-36(42(38)58-7)50-60(8,55)56/h10-18,21,24-28,35,50H,9,19-20,22-23H2,1-8H3,(H2,46,54)(H,47,48)(H,49,53). The van der Waals surface area contributed by atoms with Crippen LogP contribution in [0.15, 0.2) is 85.1 Å². The third-order valence-electron chi connectivity index (χ3n) is 10.8. The largest absolute Gasteiger partial charge is 0.496 e. The molecule has 0 spiro atoms. The summed E-state index contributed by atoms with van der Waals surface area (Å²) in [5, 5.41) is 7.86. The number of rotatable bonds is 14. The molecule has 0 aliphatic carbocycles. The molecule has 0 saturated carbocycles. The lowest BCUT2D eigenvalue weighted by atomic mass is 9.86. The lowest BCUT2D eigenvalue weighted by Gasteiger charge is -2.34. The number of primary amides is 1. The van der Waals surface area contributed by atoms with Crippen molar-refractivity contribution in [1.82, 2.24) is 15.2 Å². The van der Waals surface area contributed by atoms with E-state index in [1.807, 2.05) is 51.1 Å². The summed E-state index contributed by atoms with van der Waals surface area (Å²) in [6.45, 7) is 10.1. The van der Waals surface area contributed by atoms with Crippen LogP contribution in [0.5, 0.6) is 23.0 Å². The molecule has 1 saturated heterocycles. The zero-order valence-corrected chi connectivity index (χ0v) is 36.3. The van der Waals surface area contributed by atoms with Gasteiger partial charge < -0.3 is 35.5 Å². The number of nitrogens with one attached hydrogen (secondary N) is 3. The number of carbonyl (C=O) groups excluding carboxylic acids is 2. The van der Waals surface area contributed by atoms with Gasteiger partial charge in [0.15, 0.2) is 5.75 Å². The normalized spacial score (nSPS) is 14.3. The van der Waals surface area contributed by atoms with Gasteiger partial charge in [-0.15, -0.1) is 0 Å². The zero-order valence-electron chi connectivity index (χ0n) is 35.5. The third kappa shape index (κ3) is 10.0. The van der Waals surface area contributed by atoms with Gasteiger partial charge in [-0.25, -0.2) is 18.2 Å². The molecule has 1 aliphatic rings. The molecule has 1 aromatic heterocycles. The molecule has 14 nitrogen and oxygen atoms in total. The van der Waals surface area contributed by atoms with Crippen molar-refractivity contribution in [2.24, 2.45) is 11.7 Å². The van der Waals surface area contributed by atoms with Gasteiger partial charge in [-0.1, -0.05) is 52.0 Å². The highest BCUT2D eigenvalue weighted by Crippen LogP contribution is 2.46. The Morgan fingerprint density at radius 2 is 1.65 bits per heavy atom. The maximum Gasteiger partial charge on any atom is 0.324 e. The number of nitrogens with zero attached hydrogens (tertiary/aromatic N) is 3. The highest BCUT2D eigenvalue weighted by atomic mass is 32.2. The van der Waals surface area contributed by atoms with Gasteiger partial charge in [-0.05, 0) is 98.8 Å². The lowest BCUT2D eigenvalue weighted by Crippen LogP contribution is -2.44. The van der Waals surface area contributed by atoms with Gasteiger partial charge in [0.05, 0.1) is 43.1 Å². The average Bonchev–Trinajstić information content (AvgIpc) is 3.20. The second-order valence-corrected chi connectivity index (χ2v) is 17.9. The van der Waals surface area contributed by atoms with E-state index in [0.29, 0.717) is 56.7 Å². The minimum absolute atomic E-state index is 0.0875. The predicted octanol–water partition coefficient (Wildman–Crippen LogP) is 8.52. The first-order valence-electron chi connectivity index (χ1n) is 19.9. The van der Waals surface area contributed by atoms with Crippen molar-refractivity contribution < 1.29 is 32.2 Å². The monoisotopic (exact) mass is 837 g/mol. The molecule has 1 fully saturated rings. The highest BCUT2D eigenvalue weighted by Gasteiger charge is 2.29. The smallest absolute Gasteiger partial charge is 0.324 e. The molecule has 2 heterocycles. The van der Waals surface area contributed by atoms with E-state index in [2.05, 4.69) is 39.2 Å². The van der Waals surface area contributed by atoms with Crippen molar-refractivity contribution >= 4 is 61.3 Å². The number of hydrogen-bond donors (Lipinski definition) is 4. The van der Waals surface area contributed by atoms with E-state index >= 15 is 0 Å². The van der Waals surface area contributed by atoms with E-state index in [9.17, 15) is 18.0 Å². The van der Waals surface area contributed by atoms with Crippen LogP contribution in [0.2, 0.25) is 0 Å². The van der Waals surface area contributed by atoms with Gasteiger partial charge in [-0.3, -0.25) is 14.4 Å². The summed E-state index contributed by atoms with van der Waals surface area (Å²) in [6, 6.07) is 22.4. The number of fused-ring (bicyclic) bond motifs is 1. The molecule has 1 unspecified atom stereocenters. The molecule has 318 valence electrons. The Morgan fingerprint density at radius 3 is 2.28 bits per heavy atom. The summed E-state index contributed by atoms with van der Waals surface area (Å²) in [6.07, 6.45) is 5.63. The Morgan fingerprint density at radius 1 is 0.933 bits per heavy atom. The Balaban J connectivity index is 1.27. The van der Waals surface area contributed by atoms with Gasteiger partial charge >= 0.3 is 6.03 Å². The number of nitrogens with two attached hydrogens (primary N) is 1. The number of sulfonamides is 1. The van der Waals surface area contributed by atoms with Crippen molar-refractivity contribution in [3.05, 3.63) is 96.2 Å². The van der Waals surface area contributed by atoms with Crippen LogP contribution >= 0.6 is 0 Å². The van der Waals surface area contributed by atoms with Gasteiger partial charge in [0.2, 0.25) is 10.0 Å². The minimum atomic E-state index is -3.72. The van der Waals surface area contributed by atoms with E-state index in [-0.39, 0.29) is 29.1 Å². The predicted molar refractivity (Wildman–Crippen MR) is 238 cm³/mol.